The predicted molar refractivity (Wildman–Crippen MR) is 147 cm³/mol. The van der Waals surface area contributed by atoms with Gasteiger partial charge in [0.25, 0.3) is 5.91 Å². The molecule has 2 N–H and O–H groups in total. The lowest BCUT2D eigenvalue weighted by Crippen LogP contribution is -2.56. The van der Waals surface area contributed by atoms with Gasteiger partial charge in [-0.25, -0.2) is 9.37 Å². The van der Waals surface area contributed by atoms with Gasteiger partial charge in [-0.3, -0.25) is 19.3 Å². The summed E-state index contributed by atoms with van der Waals surface area (Å²) in [5.41, 5.74) is 2.20. The summed E-state index contributed by atoms with van der Waals surface area (Å²) in [4.78, 5) is 26.2. The van der Waals surface area contributed by atoms with Gasteiger partial charge in [0, 0.05) is 51.5 Å². The average molecular weight is 538 g/mol. The first-order valence-electron chi connectivity index (χ1n) is 14.6. The van der Waals surface area contributed by atoms with Gasteiger partial charge in [0.2, 0.25) is 0 Å². The third-order valence-corrected chi connectivity index (χ3v) is 8.88. The van der Waals surface area contributed by atoms with E-state index in [1.54, 1.807) is 24.0 Å². The fraction of sp³-hybridized carbons (Fsp3) is 0.621. The Bertz CT molecular complexity index is 1270. The van der Waals surface area contributed by atoms with Crippen LogP contribution in [-0.2, 0) is 18.3 Å². The fourth-order valence-electron chi connectivity index (χ4n) is 6.38. The second kappa shape index (κ2) is 11.7. The number of halogens is 1. The minimum atomic E-state index is -0.315. The van der Waals surface area contributed by atoms with Crippen LogP contribution in [0, 0.1) is 11.7 Å². The van der Waals surface area contributed by atoms with E-state index >= 15 is 4.39 Å². The first kappa shape index (κ1) is 26.4. The highest BCUT2D eigenvalue weighted by Crippen LogP contribution is 2.34. The van der Waals surface area contributed by atoms with Crippen LogP contribution in [-0.4, -0.2) is 80.9 Å². The van der Waals surface area contributed by atoms with Crippen molar-refractivity contribution in [3.05, 3.63) is 47.3 Å². The van der Waals surface area contributed by atoms with Gasteiger partial charge < -0.3 is 15.0 Å². The van der Waals surface area contributed by atoms with Crippen LogP contribution in [0.2, 0.25) is 0 Å². The molecule has 0 spiro atoms. The average Bonchev–Trinajstić information content (AvgIpc) is 3.51. The standard InChI is InChI=1S/C29H40FN7O2/c1-35-24(11-12-31-35)29(38)34-26(20-7-5-3-2-4-6-8-20)28-32-23-10-9-21(25(30)27(23)33-28)17-36-13-15-37(16-14-36)22-18-39-19-22/h9-12,20,22,26H,2-8,13-19H2,1H3,(H,32,33)(H,34,38). The lowest BCUT2D eigenvalue weighted by atomic mass is 9.85. The predicted octanol–water partition coefficient (Wildman–Crippen LogP) is 3.78. The molecule has 3 aromatic rings. The number of amides is 1. The Balaban J connectivity index is 1.22. The Morgan fingerprint density at radius 1 is 1.10 bits per heavy atom. The van der Waals surface area contributed by atoms with E-state index in [1.807, 2.05) is 12.1 Å². The molecule has 210 valence electrons. The van der Waals surface area contributed by atoms with Crippen molar-refractivity contribution in [1.29, 1.82) is 0 Å². The first-order valence-corrected chi connectivity index (χ1v) is 14.6. The number of carbonyl (C=O) groups excluding carboxylic acids is 1. The van der Waals surface area contributed by atoms with Crippen molar-refractivity contribution in [3.63, 3.8) is 0 Å². The second-order valence-electron chi connectivity index (χ2n) is 11.5. The summed E-state index contributed by atoms with van der Waals surface area (Å²) in [6.07, 6.45) is 9.59. The second-order valence-corrected chi connectivity index (χ2v) is 11.5. The quantitative estimate of drug-likeness (QED) is 0.477. The number of carbonyl (C=O) groups is 1. The number of aromatic nitrogens is 4. The molecule has 3 fully saturated rings. The summed E-state index contributed by atoms with van der Waals surface area (Å²) in [5, 5.41) is 7.39. The molecule has 1 aliphatic carbocycles. The van der Waals surface area contributed by atoms with Gasteiger partial charge in [-0.05, 0) is 30.9 Å². The maximum Gasteiger partial charge on any atom is 0.270 e. The third-order valence-electron chi connectivity index (χ3n) is 8.88. The molecule has 1 aromatic carbocycles. The third kappa shape index (κ3) is 5.73. The number of hydrogen-bond acceptors (Lipinski definition) is 6. The van der Waals surface area contributed by atoms with Gasteiger partial charge in [-0.15, -0.1) is 0 Å². The number of aromatic amines is 1. The fourth-order valence-corrected chi connectivity index (χ4v) is 6.38. The molecule has 0 bridgehead atoms. The Morgan fingerprint density at radius 3 is 2.51 bits per heavy atom. The van der Waals surface area contributed by atoms with E-state index in [4.69, 9.17) is 9.72 Å². The molecule has 2 aromatic heterocycles. The van der Waals surface area contributed by atoms with Crippen molar-refractivity contribution >= 4 is 16.9 Å². The normalized spacial score (nSPS) is 21.4. The molecular weight excluding hydrogens is 497 g/mol. The number of piperazine rings is 1. The number of ether oxygens (including phenoxy) is 1. The first-order chi connectivity index (χ1) is 19.1. The summed E-state index contributed by atoms with van der Waals surface area (Å²) in [6.45, 7) is 6.05. The highest BCUT2D eigenvalue weighted by molar-refractivity contribution is 5.92. The van der Waals surface area contributed by atoms with E-state index in [-0.39, 0.29) is 23.7 Å². The maximum absolute atomic E-state index is 15.8. The molecule has 1 saturated carbocycles. The number of hydrogen-bond donors (Lipinski definition) is 2. The van der Waals surface area contributed by atoms with Gasteiger partial charge in [0.1, 0.15) is 17.0 Å². The summed E-state index contributed by atoms with van der Waals surface area (Å²) in [7, 11) is 1.76. The number of benzene rings is 1. The van der Waals surface area contributed by atoms with Crippen LogP contribution in [0.5, 0.6) is 0 Å². The van der Waals surface area contributed by atoms with Gasteiger partial charge in [-0.2, -0.15) is 5.10 Å². The monoisotopic (exact) mass is 537 g/mol. The molecule has 1 amide bonds. The van der Waals surface area contributed by atoms with Crippen LogP contribution in [0.15, 0.2) is 24.4 Å². The number of nitrogens with one attached hydrogen (secondary N) is 2. The number of rotatable bonds is 7. The minimum absolute atomic E-state index is 0.184. The van der Waals surface area contributed by atoms with E-state index in [0.717, 1.165) is 65.1 Å². The van der Waals surface area contributed by atoms with Gasteiger partial charge in [0.15, 0.2) is 5.82 Å². The lowest BCUT2D eigenvalue weighted by Gasteiger charge is -2.42. The van der Waals surface area contributed by atoms with Crippen molar-refractivity contribution in [2.45, 2.75) is 63.6 Å². The Hall–Kier alpha value is -2.82. The summed E-state index contributed by atoms with van der Waals surface area (Å²) >= 11 is 0. The largest absolute Gasteiger partial charge is 0.378 e. The Morgan fingerprint density at radius 2 is 1.85 bits per heavy atom. The van der Waals surface area contributed by atoms with Gasteiger partial charge in [-0.1, -0.05) is 38.2 Å². The van der Waals surface area contributed by atoms with Crippen LogP contribution in [0.1, 0.15) is 72.9 Å². The van der Waals surface area contributed by atoms with E-state index < -0.39 is 0 Å². The van der Waals surface area contributed by atoms with Crippen LogP contribution in [0.4, 0.5) is 4.39 Å². The summed E-state index contributed by atoms with van der Waals surface area (Å²) in [6, 6.07) is 5.76. The Labute approximate surface area is 229 Å². The molecule has 3 aliphatic rings. The molecule has 1 unspecified atom stereocenters. The van der Waals surface area contributed by atoms with Crippen LogP contribution in [0.3, 0.4) is 0 Å². The zero-order chi connectivity index (χ0) is 26.8. The summed E-state index contributed by atoms with van der Waals surface area (Å²) < 4.78 is 22.8. The van der Waals surface area contributed by atoms with E-state index in [0.29, 0.717) is 40.7 Å². The molecule has 2 aliphatic heterocycles. The Kier molecular flexibility index (Phi) is 7.95. The lowest BCUT2D eigenvalue weighted by molar-refractivity contribution is -0.0774. The van der Waals surface area contributed by atoms with Gasteiger partial charge >= 0.3 is 0 Å². The van der Waals surface area contributed by atoms with E-state index in [2.05, 4.69) is 25.2 Å². The molecule has 10 heteroatoms. The SMILES string of the molecule is Cn1nccc1C(=O)NC(c1nc2c(F)c(CN3CCN(C4COC4)CC3)ccc2[nH]1)C1CCCCCCC1. The van der Waals surface area contributed by atoms with Crippen LogP contribution in [0.25, 0.3) is 11.0 Å². The number of aryl methyl sites for hydroxylation is 1. The van der Waals surface area contributed by atoms with Crippen molar-refractivity contribution < 1.29 is 13.9 Å². The van der Waals surface area contributed by atoms with Crippen molar-refractivity contribution in [1.82, 2.24) is 34.9 Å². The van der Waals surface area contributed by atoms with Crippen molar-refractivity contribution in [2.24, 2.45) is 13.0 Å². The number of H-pyrrole nitrogens is 1. The molecule has 2 saturated heterocycles. The smallest absolute Gasteiger partial charge is 0.270 e. The summed E-state index contributed by atoms with van der Waals surface area (Å²) in [5.74, 6) is 0.428. The minimum Gasteiger partial charge on any atom is -0.378 e. The maximum atomic E-state index is 15.8. The number of fused-ring (bicyclic) bond motifs is 1. The zero-order valence-corrected chi connectivity index (χ0v) is 22.9. The van der Waals surface area contributed by atoms with E-state index in [1.165, 1.54) is 19.3 Å². The van der Waals surface area contributed by atoms with Gasteiger partial charge in [0.05, 0.1) is 30.8 Å². The highest BCUT2D eigenvalue weighted by Gasteiger charge is 2.31. The highest BCUT2D eigenvalue weighted by atomic mass is 19.1. The van der Waals surface area contributed by atoms with Crippen molar-refractivity contribution in [3.8, 4) is 0 Å². The van der Waals surface area contributed by atoms with Crippen LogP contribution < -0.4 is 5.32 Å². The van der Waals surface area contributed by atoms with E-state index in [9.17, 15) is 4.79 Å². The molecule has 4 heterocycles. The zero-order valence-electron chi connectivity index (χ0n) is 22.9. The molecular formula is C29H40FN7O2. The molecule has 39 heavy (non-hydrogen) atoms. The number of nitrogens with zero attached hydrogens (tertiary/aromatic N) is 5. The van der Waals surface area contributed by atoms with Crippen LogP contribution >= 0.6 is 0 Å². The molecule has 9 nitrogen and oxygen atoms in total. The van der Waals surface area contributed by atoms with Crippen molar-refractivity contribution in [2.75, 3.05) is 39.4 Å². The number of imidazole rings is 1. The molecule has 6 rings (SSSR count). The molecule has 1 atom stereocenters. The molecule has 0 radical (unpaired) electrons. The topological polar surface area (TPSA) is 91.3 Å².